The average molecular weight is 500 g/mol. The van der Waals surface area contributed by atoms with Gasteiger partial charge in [0.1, 0.15) is 11.9 Å². The zero-order valence-electron chi connectivity index (χ0n) is 12.5. The molecule has 0 aliphatic carbocycles. The van der Waals surface area contributed by atoms with E-state index < -0.39 is 9.96 Å². The number of hydrogen-bond acceptors (Lipinski definition) is 3. The molecule has 2 N–H and O–H groups in total. The fourth-order valence-corrected chi connectivity index (χ4v) is 2.77. The highest BCUT2D eigenvalue weighted by molar-refractivity contribution is 14.1. The van der Waals surface area contributed by atoms with Crippen LogP contribution in [-0.4, -0.2) is 23.0 Å². The van der Waals surface area contributed by atoms with Gasteiger partial charge in [0, 0.05) is 14.8 Å². The summed E-state index contributed by atoms with van der Waals surface area (Å²) in [5, 5.41) is 5.70. The Balaban J connectivity index is 2.14. The molecular formula is C16H14Cl3IN2O2. The molecule has 0 bridgehead atoms. The van der Waals surface area contributed by atoms with Gasteiger partial charge >= 0.3 is 0 Å². The van der Waals surface area contributed by atoms with Crippen LogP contribution in [0, 0.1) is 3.57 Å². The second-order valence-electron chi connectivity index (χ2n) is 4.83. The van der Waals surface area contributed by atoms with Gasteiger partial charge in [-0.3, -0.25) is 4.79 Å². The minimum Gasteiger partial charge on any atom is -0.497 e. The van der Waals surface area contributed by atoms with Crippen molar-refractivity contribution < 1.29 is 9.53 Å². The van der Waals surface area contributed by atoms with Crippen LogP contribution in [0.5, 0.6) is 5.75 Å². The number of amides is 1. The van der Waals surface area contributed by atoms with Crippen LogP contribution in [0.25, 0.3) is 0 Å². The Kier molecular flexibility index (Phi) is 6.86. The Morgan fingerprint density at radius 2 is 1.83 bits per heavy atom. The van der Waals surface area contributed by atoms with E-state index in [0.29, 0.717) is 17.0 Å². The first-order valence-corrected chi connectivity index (χ1v) is 9.04. The molecular weight excluding hydrogens is 485 g/mol. The van der Waals surface area contributed by atoms with E-state index in [1.54, 1.807) is 49.6 Å². The van der Waals surface area contributed by atoms with Crippen LogP contribution in [0.2, 0.25) is 0 Å². The van der Waals surface area contributed by atoms with Crippen LogP contribution < -0.4 is 15.4 Å². The Labute approximate surface area is 168 Å². The molecule has 0 saturated carbocycles. The summed E-state index contributed by atoms with van der Waals surface area (Å²) in [5.41, 5.74) is 1.16. The molecule has 0 aliphatic heterocycles. The molecule has 0 aliphatic rings. The summed E-state index contributed by atoms with van der Waals surface area (Å²) in [5.74, 6) is 0.361. The predicted octanol–water partition coefficient (Wildman–Crippen LogP) is 4.84. The number of nitrogens with one attached hydrogen (secondary N) is 2. The molecule has 0 unspecified atom stereocenters. The molecule has 2 aromatic carbocycles. The summed E-state index contributed by atoms with van der Waals surface area (Å²) in [4.78, 5) is 12.4. The first-order valence-electron chi connectivity index (χ1n) is 6.83. The van der Waals surface area contributed by atoms with Gasteiger partial charge in [0.15, 0.2) is 0 Å². The van der Waals surface area contributed by atoms with Gasteiger partial charge in [0.25, 0.3) is 5.91 Å². The standard InChI is InChI=1S/C16H14Cl3IN2O2/c1-24-13-7-5-12(6-8-13)21-15(16(17,18)19)22-14(23)10-3-2-4-11(20)9-10/h2-9,15,21H,1H3,(H,22,23)/t15-/m1/s1. The van der Waals surface area contributed by atoms with Gasteiger partial charge in [0.05, 0.1) is 7.11 Å². The lowest BCUT2D eigenvalue weighted by atomic mass is 10.2. The zero-order valence-corrected chi connectivity index (χ0v) is 16.9. The molecule has 128 valence electrons. The molecule has 0 saturated heterocycles. The molecule has 8 heteroatoms. The number of anilines is 1. The average Bonchev–Trinajstić information content (AvgIpc) is 2.54. The molecule has 0 aromatic heterocycles. The highest BCUT2D eigenvalue weighted by Crippen LogP contribution is 2.31. The van der Waals surface area contributed by atoms with E-state index in [2.05, 4.69) is 33.2 Å². The number of methoxy groups -OCH3 is 1. The van der Waals surface area contributed by atoms with E-state index >= 15 is 0 Å². The first kappa shape index (κ1) is 19.4. The third-order valence-corrected chi connectivity index (χ3v) is 4.42. The van der Waals surface area contributed by atoms with E-state index in [0.717, 1.165) is 3.57 Å². The Morgan fingerprint density at radius 1 is 1.17 bits per heavy atom. The van der Waals surface area contributed by atoms with Gasteiger partial charge in [-0.2, -0.15) is 0 Å². The van der Waals surface area contributed by atoms with Crippen molar-refractivity contribution in [2.24, 2.45) is 0 Å². The highest BCUT2D eigenvalue weighted by Gasteiger charge is 2.34. The van der Waals surface area contributed by atoms with Gasteiger partial charge in [-0.05, 0) is 65.1 Å². The van der Waals surface area contributed by atoms with Gasteiger partial charge in [0.2, 0.25) is 3.79 Å². The van der Waals surface area contributed by atoms with E-state index in [9.17, 15) is 4.79 Å². The van der Waals surface area contributed by atoms with Gasteiger partial charge in [-0.25, -0.2) is 0 Å². The predicted molar refractivity (Wildman–Crippen MR) is 107 cm³/mol. The third kappa shape index (κ3) is 5.58. The summed E-state index contributed by atoms with van der Waals surface area (Å²) in [6.07, 6.45) is -0.915. The second kappa shape index (κ2) is 8.47. The van der Waals surface area contributed by atoms with E-state index in [1.807, 2.05) is 6.07 Å². The number of halogens is 4. The quantitative estimate of drug-likeness (QED) is 0.352. The zero-order chi connectivity index (χ0) is 17.7. The van der Waals surface area contributed by atoms with Gasteiger partial charge in [-0.1, -0.05) is 40.9 Å². The van der Waals surface area contributed by atoms with Crippen LogP contribution >= 0.6 is 57.4 Å². The molecule has 1 amide bonds. The maximum Gasteiger partial charge on any atom is 0.253 e. The summed E-state index contributed by atoms with van der Waals surface area (Å²) in [7, 11) is 1.58. The Hall–Kier alpha value is -0.890. The minimum absolute atomic E-state index is 0.342. The van der Waals surface area contributed by atoms with Crippen molar-refractivity contribution in [3.05, 3.63) is 57.7 Å². The van der Waals surface area contributed by atoms with E-state index in [1.165, 1.54) is 0 Å². The summed E-state index contributed by atoms with van der Waals surface area (Å²) < 4.78 is 4.30. The Bertz CT molecular complexity index is 705. The number of ether oxygens (including phenoxy) is 1. The summed E-state index contributed by atoms with van der Waals surface area (Å²) in [6, 6.07) is 14.2. The lowest BCUT2D eigenvalue weighted by molar-refractivity contribution is 0.0942. The van der Waals surface area contributed by atoms with Crippen LogP contribution in [-0.2, 0) is 0 Å². The van der Waals surface area contributed by atoms with Gasteiger partial charge in [-0.15, -0.1) is 0 Å². The molecule has 24 heavy (non-hydrogen) atoms. The fraction of sp³-hybridized carbons (Fsp3) is 0.188. The van der Waals surface area contributed by atoms with Crippen molar-refractivity contribution in [3.8, 4) is 5.75 Å². The smallest absolute Gasteiger partial charge is 0.253 e. The molecule has 0 fully saturated rings. The first-order chi connectivity index (χ1) is 11.3. The molecule has 2 aromatic rings. The Morgan fingerprint density at radius 3 is 2.38 bits per heavy atom. The normalized spacial score (nSPS) is 12.4. The highest BCUT2D eigenvalue weighted by atomic mass is 127. The number of hydrogen-bond donors (Lipinski definition) is 2. The second-order valence-corrected chi connectivity index (χ2v) is 8.45. The van der Waals surface area contributed by atoms with E-state index in [-0.39, 0.29) is 5.91 Å². The number of benzene rings is 2. The molecule has 0 radical (unpaired) electrons. The maximum absolute atomic E-state index is 12.4. The van der Waals surface area contributed by atoms with Crippen molar-refractivity contribution in [2.75, 3.05) is 12.4 Å². The van der Waals surface area contributed by atoms with Crippen molar-refractivity contribution in [1.82, 2.24) is 5.32 Å². The number of carbonyl (C=O) groups excluding carboxylic acids is 1. The van der Waals surface area contributed by atoms with E-state index in [4.69, 9.17) is 39.5 Å². The number of alkyl halides is 3. The number of rotatable bonds is 5. The van der Waals surface area contributed by atoms with Crippen molar-refractivity contribution in [3.63, 3.8) is 0 Å². The largest absolute Gasteiger partial charge is 0.497 e. The van der Waals surface area contributed by atoms with Gasteiger partial charge < -0.3 is 15.4 Å². The van der Waals surface area contributed by atoms with Crippen molar-refractivity contribution in [1.29, 1.82) is 0 Å². The summed E-state index contributed by atoms with van der Waals surface area (Å²) in [6.45, 7) is 0. The van der Waals surface area contributed by atoms with Crippen molar-refractivity contribution >= 4 is 69.0 Å². The molecule has 0 heterocycles. The van der Waals surface area contributed by atoms with Crippen LogP contribution in [0.15, 0.2) is 48.5 Å². The van der Waals surface area contributed by atoms with Crippen molar-refractivity contribution in [2.45, 2.75) is 9.96 Å². The van der Waals surface area contributed by atoms with Crippen LogP contribution in [0.1, 0.15) is 10.4 Å². The summed E-state index contributed by atoms with van der Waals surface area (Å²) >= 11 is 20.1. The van der Waals surface area contributed by atoms with Crippen LogP contribution in [0.4, 0.5) is 5.69 Å². The third-order valence-electron chi connectivity index (χ3n) is 3.09. The molecule has 4 nitrogen and oxygen atoms in total. The monoisotopic (exact) mass is 498 g/mol. The lowest BCUT2D eigenvalue weighted by Crippen LogP contribution is -2.49. The number of carbonyl (C=O) groups is 1. The maximum atomic E-state index is 12.4. The lowest BCUT2D eigenvalue weighted by Gasteiger charge is -2.27. The SMILES string of the molecule is COc1ccc(N[C@H](NC(=O)c2cccc(I)c2)C(Cl)(Cl)Cl)cc1. The fourth-order valence-electron chi connectivity index (χ4n) is 1.90. The molecule has 0 spiro atoms. The molecule has 2 rings (SSSR count). The van der Waals surface area contributed by atoms with Crippen LogP contribution in [0.3, 0.4) is 0 Å². The molecule has 1 atom stereocenters. The minimum atomic E-state index is -1.74. The topological polar surface area (TPSA) is 50.4 Å².